The summed E-state index contributed by atoms with van der Waals surface area (Å²) in [5.74, 6) is 0.359. The smallest absolute Gasteiger partial charge is 0.124 e. The van der Waals surface area contributed by atoms with Gasteiger partial charge in [0.25, 0.3) is 0 Å². The molecule has 1 aromatic heterocycles. The van der Waals surface area contributed by atoms with Crippen molar-refractivity contribution >= 4 is 43.0 Å². The summed E-state index contributed by atoms with van der Waals surface area (Å²) in [6.45, 7) is 0. The molecular weight excluding hydrogens is 360 g/mol. The number of hydrogen-bond acceptors (Lipinski definition) is 2. The maximum absolute atomic E-state index is 10.2. The summed E-state index contributed by atoms with van der Waals surface area (Å²) < 4.78 is 1.13. The van der Waals surface area contributed by atoms with Gasteiger partial charge in [0.2, 0.25) is 0 Å². The van der Waals surface area contributed by atoms with Gasteiger partial charge in [0.05, 0.1) is 0 Å². The van der Waals surface area contributed by atoms with E-state index in [9.17, 15) is 5.11 Å². The van der Waals surface area contributed by atoms with Crippen molar-refractivity contribution in [3.63, 3.8) is 0 Å². The summed E-state index contributed by atoms with van der Waals surface area (Å²) in [6, 6.07) is 23.8. The number of fused-ring (bicyclic) bond motifs is 6. The molecule has 0 fully saturated rings. The van der Waals surface area contributed by atoms with Crippen LogP contribution in [0.25, 0.3) is 42.1 Å². The Bertz CT molecular complexity index is 1380. The first-order valence-corrected chi connectivity index (χ1v) is 10.8. The molecule has 0 spiro atoms. The fourth-order valence-electron chi connectivity index (χ4n) is 4.82. The van der Waals surface area contributed by atoms with Crippen molar-refractivity contribution in [3.8, 4) is 16.2 Å². The summed E-state index contributed by atoms with van der Waals surface area (Å²) in [5.41, 5.74) is 4.34. The molecule has 2 heteroatoms. The van der Waals surface area contributed by atoms with Crippen LogP contribution in [0.5, 0.6) is 5.75 Å². The molecule has 0 saturated heterocycles. The molecule has 0 radical (unpaired) electrons. The summed E-state index contributed by atoms with van der Waals surface area (Å²) in [4.78, 5) is 1.21. The van der Waals surface area contributed by atoms with E-state index >= 15 is 0 Å². The molecule has 5 aromatic rings. The zero-order valence-corrected chi connectivity index (χ0v) is 16.4. The summed E-state index contributed by atoms with van der Waals surface area (Å²) >= 11 is 1.75. The van der Waals surface area contributed by atoms with Gasteiger partial charge in [0.1, 0.15) is 5.75 Å². The van der Waals surface area contributed by atoms with Crippen LogP contribution in [-0.4, -0.2) is 5.11 Å². The molecule has 0 unspecified atom stereocenters. The predicted molar refractivity (Wildman–Crippen MR) is 121 cm³/mol. The lowest BCUT2D eigenvalue weighted by Crippen LogP contribution is -2.03. The molecule has 1 N–H and O–H groups in total. The molecule has 0 saturated carbocycles. The van der Waals surface area contributed by atoms with Gasteiger partial charge in [-0.05, 0) is 82.1 Å². The van der Waals surface area contributed by atoms with Crippen LogP contribution >= 0.6 is 11.3 Å². The Kier molecular flexibility index (Phi) is 3.51. The molecule has 0 aliphatic heterocycles. The van der Waals surface area contributed by atoms with Crippen molar-refractivity contribution in [1.29, 1.82) is 0 Å². The third-order valence-electron chi connectivity index (χ3n) is 6.19. The molecule has 0 amide bonds. The topological polar surface area (TPSA) is 20.2 Å². The molecule has 1 heterocycles. The van der Waals surface area contributed by atoms with E-state index in [0.717, 1.165) is 10.1 Å². The number of hydrogen-bond donors (Lipinski definition) is 1. The second-order valence-corrected chi connectivity index (χ2v) is 8.86. The van der Waals surface area contributed by atoms with Crippen molar-refractivity contribution in [2.45, 2.75) is 25.7 Å². The standard InChI is InChI=1S/C26H20OS/c27-24-9-4-10-25-23(24)15-26(28-25)22-8-3-7-18-20-12-11-16-5-1-2-6-17(16)19(20)13-14-21(18)22/h3-4,7-15,27H,1-2,5-6H2. The molecule has 136 valence electrons. The molecule has 1 aliphatic carbocycles. The van der Waals surface area contributed by atoms with E-state index in [1.165, 1.54) is 63.2 Å². The van der Waals surface area contributed by atoms with Gasteiger partial charge in [0, 0.05) is 15.0 Å². The number of aryl methyl sites for hydroxylation is 2. The monoisotopic (exact) mass is 380 g/mol. The van der Waals surface area contributed by atoms with Crippen LogP contribution in [0.15, 0.2) is 66.7 Å². The van der Waals surface area contributed by atoms with Crippen molar-refractivity contribution in [1.82, 2.24) is 0 Å². The first-order valence-electron chi connectivity index (χ1n) is 9.98. The number of rotatable bonds is 1. The average molecular weight is 381 g/mol. The third kappa shape index (κ3) is 2.31. The molecule has 6 rings (SSSR count). The largest absolute Gasteiger partial charge is 0.507 e. The van der Waals surface area contributed by atoms with Gasteiger partial charge < -0.3 is 5.11 Å². The van der Waals surface area contributed by atoms with Gasteiger partial charge in [-0.15, -0.1) is 11.3 Å². The van der Waals surface area contributed by atoms with Crippen LogP contribution in [0.2, 0.25) is 0 Å². The Balaban J connectivity index is 1.63. The second kappa shape index (κ2) is 6.08. The normalized spacial score (nSPS) is 14.0. The quantitative estimate of drug-likeness (QED) is 0.299. The molecule has 28 heavy (non-hydrogen) atoms. The fourth-order valence-corrected chi connectivity index (χ4v) is 5.94. The summed E-state index contributed by atoms with van der Waals surface area (Å²) in [5, 5.41) is 16.5. The van der Waals surface area contributed by atoms with E-state index in [-0.39, 0.29) is 0 Å². The van der Waals surface area contributed by atoms with E-state index in [1.54, 1.807) is 23.0 Å². The number of phenols is 1. The fraction of sp³-hybridized carbons (Fsp3) is 0.154. The maximum atomic E-state index is 10.2. The molecule has 4 aromatic carbocycles. The molecule has 1 nitrogen and oxygen atoms in total. The molecule has 0 atom stereocenters. The average Bonchev–Trinajstić information content (AvgIpc) is 3.18. The predicted octanol–water partition coefficient (Wildman–Crippen LogP) is 7.46. The first kappa shape index (κ1) is 16.1. The van der Waals surface area contributed by atoms with E-state index in [4.69, 9.17) is 0 Å². The van der Waals surface area contributed by atoms with Crippen molar-refractivity contribution in [2.24, 2.45) is 0 Å². The first-order chi connectivity index (χ1) is 13.8. The van der Waals surface area contributed by atoms with Gasteiger partial charge in [-0.1, -0.05) is 48.5 Å². The number of thiophene rings is 1. The van der Waals surface area contributed by atoms with Crippen LogP contribution in [-0.2, 0) is 12.8 Å². The van der Waals surface area contributed by atoms with Gasteiger partial charge in [0.15, 0.2) is 0 Å². The minimum atomic E-state index is 0.359. The highest BCUT2D eigenvalue weighted by molar-refractivity contribution is 7.22. The minimum Gasteiger partial charge on any atom is -0.507 e. The van der Waals surface area contributed by atoms with E-state index in [2.05, 4.69) is 54.6 Å². The van der Waals surface area contributed by atoms with Crippen LogP contribution in [0.4, 0.5) is 0 Å². The Morgan fingerprint density at radius 2 is 1.46 bits per heavy atom. The number of phenolic OH excluding ortho intramolecular Hbond substituents is 1. The lowest BCUT2D eigenvalue weighted by atomic mass is 9.86. The highest BCUT2D eigenvalue weighted by Crippen LogP contribution is 2.42. The van der Waals surface area contributed by atoms with Crippen molar-refractivity contribution in [2.75, 3.05) is 0 Å². The molecular formula is C26H20OS. The summed E-state index contributed by atoms with van der Waals surface area (Å²) in [6.07, 6.45) is 5.03. The van der Waals surface area contributed by atoms with Crippen LogP contribution < -0.4 is 0 Å². The van der Waals surface area contributed by atoms with E-state index in [0.29, 0.717) is 5.75 Å². The lowest BCUT2D eigenvalue weighted by Gasteiger charge is -2.19. The minimum absolute atomic E-state index is 0.359. The lowest BCUT2D eigenvalue weighted by molar-refractivity contribution is 0.482. The van der Waals surface area contributed by atoms with Crippen molar-refractivity contribution < 1.29 is 5.11 Å². The van der Waals surface area contributed by atoms with Gasteiger partial charge in [-0.3, -0.25) is 0 Å². The van der Waals surface area contributed by atoms with Crippen molar-refractivity contribution in [3.05, 3.63) is 77.9 Å². The second-order valence-electron chi connectivity index (χ2n) is 7.77. The highest BCUT2D eigenvalue weighted by Gasteiger charge is 2.15. The van der Waals surface area contributed by atoms with Gasteiger partial charge >= 0.3 is 0 Å². The number of benzene rings is 4. The van der Waals surface area contributed by atoms with Crippen LogP contribution in [0.3, 0.4) is 0 Å². The molecule has 1 aliphatic rings. The Labute approximate surface area is 167 Å². The Morgan fingerprint density at radius 1 is 0.679 bits per heavy atom. The SMILES string of the molecule is Oc1cccc2sc(-c3cccc4c3ccc3c5c(ccc34)CCCC5)cc12. The summed E-state index contributed by atoms with van der Waals surface area (Å²) in [7, 11) is 0. The number of aromatic hydroxyl groups is 1. The maximum Gasteiger partial charge on any atom is 0.124 e. The zero-order valence-electron chi connectivity index (χ0n) is 15.5. The van der Waals surface area contributed by atoms with Gasteiger partial charge in [-0.25, -0.2) is 0 Å². The zero-order chi connectivity index (χ0) is 18.7. The third-order valence-corrected chi connectivity index (χ3v) is 7.33. The van der Waals surface area contributed by atoms with E-state index < -0.39 is 0 Å². The van der Waals surface area contributed by atoms with Crippen LogP contribution in [0, 0.1) is 0 Å². The highest BCUT2D eigenvalue weighted by atomic mass is 32.1. The van der Waals surface area contributed by atoms with Gasteiger partial charge in [-0.2, -0.15) is 0 Å². The Morgan fingerprint density at radius 3 is 2.39 bits per heavy atom. The Hall–Kier alpha value is -2.84. The molecule has 0 bridgehead atoms. The van der Waals surface area contributed by atoms with Crippen LogP contribution in [0.1, 0.15) is 24.0 Å². The van der Waals surface area contributed by atoms with E-state index in [1.807, 2.05) is 6.07 Å².